The van der Waals surface area contributed by atoms with Gasteiger partial charge in [0.1, 0.15) is 11.5 Å². The van der Waals surface area contributed by atoms with Crippen molar-refractivity contribution in [2.45, 2.75) is 45.3 Å². The number of ether oxygens (including phenoxy) is 1. The van der Waals surface area contributed by atoms with Crippen molar-refractivity contribution in [2.24, 2.45) is 0 Å². The van der Waals surface area contributed by atoms with Crippen molar-refractivity contribution in [3.63, 3.8) is 0 Å². The number of nitrogens with one attached hydrogen (secondary N) is 1. The molecule has 1 aliphatic heterocycles. The number of hydrogen-bond acceptors (Lipinski definition) is 5. The normalized spacial score (nSPS) is 17.3. The minimum absolute atomic E-state index is 0.00868. The highest BCUT2D eigenvalue weighted by Gasteiger charge is 2.32. The number of nitrogens with zero attached hydrogens (tertiary/aromatic N) is 1. The molecule has 2 rings (SSSR count). The molecule has 1 aromatic rings. The summed E-state index contributed by atoms with van der Waals surface area (Å²) >= 11 is 0. The zero-order valence-electron chi connectivity index (χ0n) is 14.8. The summed E-state index contributed by atoms with van der Waals surface area (Å²) in [5.74, 6) is -1.68. The smallest absolute Gasteiger partial charge is 0.305 e. The Balaban J connectivity index is 1.97. The number of carboxylic acid groups (broad SMARTS) is 1. The quantitative estimate of drug-likeness (QED) is 0.705. The summed E-state index contributed by atoms with van der Waals surface area (Å²) in [6.07, 6.45) is 1.09. The maximum absolute atomic E-state index is 12.3. The van der Waals surface area contributed by atoms with Crippen LogP contribution in [0.25, 0.3) is 0 Å². The molecular formula is C17H24N2O6S. The Morgan fingerprint density at radius 2 is 1.96 bits per heavy atom. The van der Waals surface area contributed by atoms with Crippen LogP contribution in [0.5, 0.6) is 5.75 Å². The number of carbonyl (C=O) groups is 2. The summed E-state index contributed by atoms with van der Waals surface area (Å²) < 4.78 is 32.4. The van der Waals surface area contributed by atoms with E-state index >= 15 is 0 Å². The number of sulfonamides is 1. The Hall–Kier alpha value is -2.29. The molecule has 144 valence electrons. The van der Waals surface area contributed by atoms with Gasteiger partial charge in [0, 0.05) is 18.3 Å². The van der Waals surface area contributed by atoms with Crippen LogP contribution in [-0.2, 0) is 19.6 Å². The SMILES string of the molecule is CC(C)Oc1ccc(NS(=O)(=O)CC(=O)N2CCCC2CC(=O)O)cc1. The number of amides is 1. The maximum atomic E-state index is 12.3. The predicted octanol–water partition coefficient (Wildman–Crippen LogP) is 1.68. The van der Waals surface area contributed by atoms with Crippen molar-refractivity contribution in [1.82, 2.24) is 4.90 Å². The lowest BCUT2D eigenvalue weighted by Crippen LogP contribution is -2.41. The van der Waals surface area contributed by atoms with Crippen molar-refractivity contribution in [1.29, 1.82) is 0 Å². The number of carbonyl (C=O) groups excluding carboxylic acids is 1. The summed E-state index contributed by atoms with van der Waals surface area (Å²) in [7, 11) is -3.89. The lowest BCUT2D eigenvalue weighted by Gasteiger charge is -2.23. The average molecular weight is 384 g/mol. The Morgan fingerprint density at radius 3 is 2.54 bits per heavy atom. The Bertz CT molecular complexity index is 745. The van der Waals surface area contributed by atoms with Crippen LogP contribution >= 0.6 is 0 Å². The van der Waals surface area contributed by atoms with Gasteiger partial charge in [-0.05, 0) is 51.0 Å². The van der Waals surface area contributed by atoms with Gasteiger partial charge >= 0.3 is 5.97 Å². The fraction of sp³-hybridized carbons (Fsp3) is 0.529. The van der Waals surface area contributed by atoms with Crippen molar-refractivity contribution >= 4 is 27.6 Å². The molecule has 1 heterocycles. The number of hydrogen-bond donors (Lipinski definition) is 2. The van der Waals surface area contributed by atoms with Crippen LogP contribution in [0, 0.1) is 0 Å². The highest BCUT2D eigenvalue weighted by molar-refractivity contribution is 7.93. The van der Waals surface area contributed by atoms with E-state index in [1.54, 1.807) is 24.3 Å². The second kappa shape index (κ2) is 8.39. The van der Waals surface area contributed by atoms with Crippen LogP contribution in [0.3, 0.4) is 0 Å². The monoisotopic (exact) mass is 384 g/mol. The topological polar surface area (TPSA) is 113 Å². The van der Waals surface area contributed by atoms with Gasteiger partial charge < -0.3 is 14.7 Å². The fourth-order valence-corrected chi connectivity index (χ4v) is 3.97. The number of benzene rings is 1. The van der Waals surface area contributed by atoms with Gasteiger partial charge in [-0.15, -0.1) is 0 Å². The van der Waals surface area contributed by atoms with Gasteiger partial charge in [0.2, 0.25) is 15.9 Å². The van der Waals surface area contributed by atoms with Crippen LogP contribution in [0.1, 0.15) is 33.1 Å². The molecule has 0 radical (unpaired) electrons. The molecule has 1 amide bonds. The van der Waals surface area contributed by atoms with Crippen LogP contribution in [0.2, 0.25) is 0 Å². The van der Waals surface area contributed by atoms with E-state index in [1.807, 2.05) is 13.8 Å². The molecule has 0 aliphatic carbocycles. The van der Waals surface area contributed by atoms with Crippen molar-refractivity contribution in [2.75, 3.05) is 17.0 Å². The van der Waals surface area contributed by atoms with Crippen molar-refractivity contribution in [3.8, 4) is 5.75 Å². The third-order valence-electron chi connectivity index (χ3n) is 3.92. The van der Waals surface area contributed by atoms with Crippen LogP contribution in [-0.4, -0.2) is 54.7 Å². The fourth-order valence-electron chi connectivity index (χ4n) is 2.91. The number of aliphatic carboxylic acids is 1. The largest absolute Gasteiger partial charge is 0.491 e. The molecule has 0 saturated carbocycles. The molecule has 26 heavy (non-hydrogen) atoms. The highest BCUT2D eigenvalue weighted by Crippen LogP contribution is 2.21. The van der Waals surface area contributed by atoms with E-state index in [-0.39, 0.29) is 12.5 Å². The second-order valence-corrected chi connectivity index (χ2v) is 8.26. The zero-order valence-corrected chi connectivity index (χ0v) is 15.7. The van der Waals surface area contributed by atoms with Crippen LogP contribution < -0.4 is 9.46 Å². The van der Waals surface area contributed by atoms with Gasteiger partial charge in [-0.2, -0.15) is 0 Å². The van der Waals surface area contributed by atoms with Crippen molar-refractivity contribution < 1.29 is 27.9 Å². The average Bonchev–Trinajstić information content (AvgIpc) is 2.95. The highest BCUT2D eigenvalue weighted by atomic mass is 32.2. The summed E-state index contributed by atoms with van der Waals surface area (Å²) in [6, 6.07) is 5.96. The second-order valence-electron chi connectivity index (χ2n) is 6.53. The van der Waals surface area contributed by atoms with E-state index in [0.717, 1.165) is 0 Å². The predicted molar refractivity (Wildman–Crippen MR) is 96.6 cm³/mol. The first-order valence-electron chi connectivity index (χ1n) is 8.45. The first-order chi connectivity index (χ1) is 12.2. The lowest BCUT2D eigenvalue weighted by molar-refractivity contribution is -0.139. The molecule has 1 atom stereocenters. The minimum Gasteiger partial charge on any atom is -0.491 e. The Morgan fingerprint density at radius 1 is 1.31 bits per heavy atom. The van der Waals surface area contributed by atoms with Gasteiger partial charge in [-0.3, -0.25) is 14.3 Å². The van der Waals surface area contributed by atoms with E-state index in [1.165, 1.54) is 4.90 Å². The summed E-state index contributed by atoms with van der Waals surface area (Å²) in [6.45, 7) is 4.16. The Kier molecular flexibility index (Phi) is 6.47. The third-order valence-corrected chi connectivity index (χ3v) is 5.09. The summed E-state index contributed by atoms with van der Waals surface area (Å²) in [4.78, 5) is 24.5. The first-order valence-corrected chi connectivity index (χ1v) is 10.1. The molecule has 8 nitrogen and oxygen atoms in total. The number of anilines is 1. The zero-order chi connectivity index (χ0) is 19.3. The first kappa shape index (κ1) is 20.0. The maximum Gasteiger partial charge on any atom is 0.305 e. The van der Waals surface area contributed by atoms with Gasteiger partial charge in [-0.25, -0.2) is 8.42 Å². The molecule has 1 aliphatic rings. The molecule has 0 aromatic heterocycles. The van der Waals surface area contributed by atoms with E-state index in [0.29, 0.717) is 30.8 Å². The van der Waals surface area contributed by atoms with Crippen LogP contribution in [0.15, 0.2) is 24.3 Å². The lowest BCUT2D eigenvalue weighted by atomic mass is 10.1. The molecular weight excluding hydrogens is 360 g/mol. The molecule has 1 aromatic carbocycles. The van der Waals surface area contributed by atoms with Gasteiger partial charge in [0.05, 0.1) is 12.5 Å². The third kappa shape index (κ3) is 5.91. The van der Waals surface area contributed by atoms with Crippen molar-refractivity contribution in [3.05, 3.63) is 24.3 Å². The summed E-state index contributed by atoms with van der Waals surface area (Å²) in [5, 5.41) is 8.90. The molecule has 1 saturated heterocycles. The molecule has 2 N–H and O–H groups in total. The minimum atomic E-state index is -3.89. The Labute approximate surface area is 153 Å². The van der Waals surface area contributed by atoms with Gasteiger partial charge in [0.15, 0.2) is 0 Å². The van der Waals surface area contributed by atoms with Crippen LogP contribution in [0.4, 0.5) is 5.69 Å². The van der Waals surface area contributed by atoms with E-state index < -0.39 is 33.7 Å². The molecule has 0 spiro atoms. The van der Waals surface area contributed by atoms with Gasteiger partial charge in [-0.1, -0.05) is 0 Å². The van der Waals surface area contributed by atoms with E-state index in [4.69, 9.17) is 9.84 Å². The molecule has 9 heteroatoms. The number of carboxylic acids is 1. The number of likely N-dealkylation sites (tertiary alicyclic amines) is 1. The molecule has 1 unspecified atom stereocenters. The van der Waals surface area contributed by atoms with E-state index in [9.17, 15) is 18.0 Å². The van der Waals surface area contributed by atoms with E-state index in [2.05, 4.69) is 4.72 Å². The summed E-state index contributed by atoms with van der Waals surface area (Å²) in [5.41, 5.74) is 0.331. The molecule has 1 fully saturated rings. The molecule has 0 bridgehead atoms. The van der Waals surface area contributed by atoms with Gasteiger partial charge in [0.25, 0.3) is 0 Å². The number of rotatable bonds is 8. The standard InChI is InChI=1S/C17H24N2O6S/c1-12(2)25-15-7-5-13(6-8-15)18-26(23,24)11-16(20)19-9-3-4-14(19)10-17(21)22/h5-8,12,14,18H,3-4,9-11H2,1-2H3,(H,21,22).